The van der Waals surface area contributed by atoms with Gasteiger partial charge in [-0.05, 0) is 36.4 Å². The number of pyridine rings is 1. The van der Waals surface area contributed by atoms with Gasteiger partial charge in [0.15, 0.2) is 11.5 Å². The van der Waals surface area contributed by atoms with Gasteiger partial charge in [0.1, 0.15) is 11.6 Å². The Labute approximate surface area is 163 Å². The third-order valence-corrected chi connectivity index (χ3v) is 4.04. The van der Waals surface area contributed by atoms with Gasteiger partial charge >= 0.3 is 0 Å². The van der Waals surface area contributed by atoms with Crippen LogP contribution in [0.25, 0.3) is 0 Å². The maximum atomic E-state index is 12.4. The summed E-state index contributed by atoms with van der Waals surface area (Å²) in [6.07, 6.45) is 1.51. The number of para-hydroxylation sites is 2. The molecule has 0 radical (unpaired) electrons. The summed E-state index contributed by atoms with van der Waals surface area (Å²) in [6.45, 7) is 0. The molecule has 0 fully saturated rings. The van der Waals surface area contributed by atoms with Crippen LogP contribution < -0.4 is 24.8 Å². The topological polar surface area (TPSA) is 81.7 Å². The summed E-state index contributed by atoms with van der Waals surface area (Å²) < 4.78 is 15.8. The predicted octanol–water partition coefficient (Wildman–Crippen LogP) is 4.10. The smallest absolute Gasteiger partial charge is 0.257 e. The molecule has 0 saturated heterocycles. The zero-order valence-electron chi connectivity index (χ0n) is 15.9. The average molecular weight is 379 g/mol. The van der Waals surface area contributed by atoms with Gasteiger partial charge in [-0.2, -0.15) is 0 Å². The minimum absolute atomic E-state index is 0.269. The van der Waals surface area contributed by atoms with Crippen LogP contribution in [0, 0.1) is 0 Å². The van der Waals surface area contributed by atoms with E-state index in [1.807, 2.05) is 24.3 Å². The van der Waals surface area contributed by atoms with Crippen molar-refractivity contribution < 1.29 is 19.0 Å². The largest absolute Gasteiger partial charge is 0.495 e. The predicted molar refractivity (Wildman–Crippen MR) is 108 cm³/mol. The van der Waals surface area contributed by atoms with Crippen molar-refractivity contribution in [1.29, 1.82) is 0 Å². The fraction of sp³-hybridized carbons (Fsp3) is 0.143. The van der Waals surface area contributed by atoms with E-state index in [2.05, 4.69) is 15.6 Å². The molecule has 3 aromatic rings. The van der Waals surface area contributed by atoms with Gasteiger partial charge in [-0.15, -0.1) is 0 Å². The molecule has 0 bridgehead atoms. The number of methoxy groups -OCH3 is 3. The van der Waals surface area contributed by atoms with E-state index < -0.39 is 0 Å². The Balaban J connectivity index is 1.70. The molecule has 1 heterocycles. The summed E-state index contributed by atoms with van der Waals surface area (Å²) in [5, 5.41) is 5.99. The molecule has 0 saturated carbocycles. The molecule has 2 N–H and O–H groups in total. The second-order valence-electron chi connectivity index (χ2n) is 5.78. The zero-order chi connectivity index (χ0) is 19.9. The van der Waals surface area contributed by atoms with Crippen molar-refractivity contribution in [2.45, 2.75) is 0 Å². The number of carbonyl (C=O) groups is 1. The van der Waals surface area contributed by atoms with Crippen molar-refractivity contribution in [1.82, 2.24) is 4.98 Å². The normalized spacial score (nSPS) is 10.1. The Hall–Kier alpha value is -3.74. The minimum Gasteiger partial charge on any atom is -0.495 e. The van der Waals surface area contributed by atoms with E-state index in [-0.39, 0.29) is 5.91 Å². The number of hydrogen-bond acceptors (Lipinski definition) is 6. The summed E-state index contributed by atoms with van der Waals surface area (Å²) in [4.78, 5) is 16.8. The van der Waals surface area contributed by atoms with Gasteiger partial charge < -0.3 is 24.8 Å². The van der Waals surface area contributed by atoms with Crippen LogP contribution in [0.1, 0.15) is 10.4 Å². The van der Waals surface area contributed by atoms with E-state index in [1.54, 1.807) is 51.7 Å². The average Bonchev–Trinajstić information content (AvgIpc) is 2.74. The highest BCUT2D eigenvalue weighted by Gasteiger charge is 2.10. The number of anilines is 3. The lowest BCUT2D eigenvalue weighted by molar-refractivity contribution is 0.102. The summed E-state index contributed by atoms with van der Waals surface area (Å²) in [6, 6.07) is 16.1. The molecule has 28 heavy (non-hydrogen) atoms. The monoisotopic (exact) mass is 379 g/mol. The van der Waals surface area contributed by atoms with Crippen LogP contribution in [0.5, 0.6) is 17.2 Å². The molecule has 0 aliphatic heterocycles. The Bertz CT molecular complexity index is 958. The molecular weight excluding hydrogens is 358 g/mol. The highest BCUT2D eigenvalue weighted by molar-refractivity contribution is 6.04. The Morgan fingerprint density at radius 3 is 2.29 bits per heavy atom. The molecule has 0 aliphatic rings. The molecule has 1 aromatic heterocycles. The number of aromatic nitrogens is 1. The van der Waals surface area contributed by atoms with E-state index in [9.17, 15) is 4.79 Å². The van der Waals surface area contributed by atoms with Crippen molar-refractivity contribution in [3.05, 3.63) is 66.4 Å². The van der Waals surface area contributed by atoms with Crippen LogP contribution in [0.2, 0.25) is 0 Å². The molecule has 3 rings (SSSR count). The first-order valence-electron chi connectivity index (χ1n) is 8.54. The summed E-state index contributed by atoms with van der Waals surface area (Å²) in [5.74, 6) is 2.18. The maximum Gasteiger partial charge on any atom is 0.257 e. The van der Waals surface area contributed by atoms with Gasteiger partial charge in [0.25, 0.3) is 5.91 Å². The number of carbonyl (C=O) groups excluding carboxylic acids is 1. The van der Waals surface area contributed by atoms with Crippen molar-refractivity contribution in [3.8, 4) is 17.2 Å². The molecule has 1 amide bonds. The standard InChI is InChI=1S/C21H21N3O4/c1-26-17-7-5-4-6-16(17)24-21(25)14-8-11-20(22-13-14)23-15-9-10-18(27-2)19(12-15)28-3/h4-13H,1-3H3,(H,22,23)(H,24,25). The van der Waals surface area contributed by atoms with Crippen LogP contribution in [-0.4, -0.2) is 32.2 Å². The molecule has 0 aliphatic carbocycles. The van der Waals surface area contributed by atoms with E-state index in [0.29, 0.717) is 34.3 Å². The molecular formula is C21H21N3O4. The minimum atomic E-state index is -0.269. The number of rotatable bonds is 7. The van der Waals surface area contributed by atoms with Crippen LogP contribution in [-0.2, 0) is 0 Å². The number of ether oxygens (including phenoxy) is 3. The van der Waals surface area contributed by atoms with Crippen molar-refractivity contribution in [3.63, 3.8) is 0 Å². The first-order valence-corrected chi connectivity index (χ1v) is 8.54. The summed E-state index contributed by atoms with van der Waals surface area (Å²) >= 11 is 0. The van der Waals surface area contributed by atoms with Gasteiger partial charge in [-0.25, -0.2) is 4.98 Å². The zero-order valence-corrected chi connectivity index (χ0v) is 15.9. The lowest BCUT2D eigenvalue weighted by Gasteiger charge is -2.12. The van der Waals surface area contributed by atoms with Gasteiger partial charge in [0, 0.05) is 18.0 Å². The van der Waals surface area contributed by atoms with Crippen molar-refractivity contribution in [2.75, 3.05) is 32.0 Å². The number of amides is 1. The summed E-state index contributed by atoms with van der Waals surface area (Å²) in [5.41, 5.74) is 1.82. The first kappa shape index (κ1) is 19.0. The third-order valence-electron chi connectivity index (χ3n) is 4.04. The molecule has 0 unspecified atom stereocenters. The van der Waals surface area contributed by atoms with Crippen LogP contribution in [0.4, 0.5) is 17.2 Å². The van der Waals surface area contributed by atoms with E-state index >= 15 is 0 Å². The van der Waals surface area contributed by atoms with Crippen molar-refractivity contribution >= 4 is 23.1 Å². The SMILES string of the molecule is COc1ccccc1NC(=O)c1ccc(Nc2ccc(OC)c(OC)c2)nc1. The van der Waals surface area contributed by atoms with Gasteiger partial charge in [0.05, 0.1) is 32.6 Å². The van der Waals surface area contributed by atoms with E-state index in [0.717, 1.165) is 5.69 Å². The van der Waals surface area contributed by atoms with Crippen molar-refractivity contribution in [2.24, 2.45) is 0 Å². The van der Waals surface area contributed by atoms with E-state index in [4.69, 9.17) is 14.2 Å². The molecule has 2 aromatic carbocycles. The summed E-state index contributed by atoms with van der Waals surface area (Å²) in [7, 11) is 4.72. The van der Waals surface area contributed by atoms with Crippen LogP contribution in [0.15, 0.2) is 60.8 Å². The Morgan fingerprint density at radius 1 is 0.857 bits per heavy atom. The third kappa shape index (κ3) is 4.32. The lowest BCUT2D eigenvalue weighted by Crippen LogP contribution is -2.13. The van der Waals surface area contributed by atoms with Crippen LogP contribution in [0.3, 0.4) is 0 Å². The number of benzene rings is 2. The Morgan fingerprint density at radius 2 is 1.61 bits per heavy atom. The number of nitrogens with one attached hydrogen (secondary N) is 2. The molecule has 7 heteroatoms. The second-order valence-corrected chi connectivity index (χ2v) is 5.78. The maximum absolute atomic E-state index is 12.4. The van der Waals surface area contributed by atoms with Gasteiger partial charge in [-0.1, -0.05) is 12.1 Å². The first-order chi connectivity index (χ1) is 13.6. The van der Waals surface area contributed by atoms with Gasteiger partial charge in [0.2, 0.25) is 0 Å². The number of hydrogen-bond donors (Lipinski definition) is 2. The van der Waals surface area contributed by atoms with Gasteiger partial charge in [-0.3, -0.25) is 4.79 Å². The quantitative estimate of drug-likeness (QED) is 0.643. The van der Waals surface area contributed by atoms with Crippen LogP contribution >= 0.6 is 0 Å². The fourth-order valence-electron chi connectivity index (χ4n) is 2.61. The van der Waals surface area contributed by atoms with E-state index in [1.165, 1.54) is 6.20 Å². The fourth-order valence-corrected chi connectivity index (χ4v) is 2.61. The highest BCUT2D eigenvalue weighted by Crippen LogP contribution is 2.31. The lowest BCUT2D eigenvalue weighted by atomic mass is 10.2. The molecule has 0 atom stereocenters. The Kier molecular flexibility index (Phi) is 5.96. The molecule has 7 nitrogen and oxygen atoms in total. The number of nitrogens with zero attached hydrogens (tertiary/aromatic N) is 1. The second kappa shape index (κ2) is 8.77. The molecule has 0 spiro atoms. The molecule has 144 valence electrons. The highest BCUT2D eigenvalue weighted by atomic mass is 16.5.